The van der Waals surface area contributed by atoms with Crippen LogP contribution >= 0.6 is 11.3 Å². The normalized spacial score (nSPS) is 12.2. The molecule has 0 atom stereocenters. The van der Waals surface area contributed by atoms with Gasteiger partial charge in [0.2, 0.25) is 0 Å². The van der Waals surface area contributed by atoms with Gasteiger partial charge < -0.3 is 0 Å². The summed E-state index contributed by atoms with van der Waals surface area (Å²) in [5.74, 6) is 0. The zero-order valence-electron chi connectivity index (χ0n) is 7.16. The molecule has 0 saturated heterocycles. The highest BCUT2D eigenvalue weighted by atomic mass is 32.1. The topological polar surface area (TPSA) is 0 Å². The fraction of sp³-hybridized carbons (Fsp3) is 0.0909. The molecule has 1 heteroatoms. The van der Waals surface area contributed by atoms with E-state index in [0.29, 0.717) is 0 Å². The van der Waals surface area contributed by atoms with Crippen LogP contribution in [0.3, 0.4) is 0 Å². The average molecular weight is 176 g/mol. The van der Waals surface area contributed by atoms with Crippen LogP contribution < -0.4 is 0 Å². The molecule has 1 heterocycles. The molecule has 1 aromatic rings. The molecule has 62 valence electrons. The Labute approximate surface area is 77.6 Å². The molecule has 0 aliphatic carbocycles. The Hall–Kier alpha value is -1.08. The molecule has 0 aliphatic heterocycles. The minimum atomic E-state index is 1.15. The van der Waals surface area contributed by atoms with Crippen molar-refractivity contribution in [2.75, 3.05) is 0 Å². The first kappa shape index (κ1) is 9.01. The molecule has 0 N–H and O–H groups in total. The highest BCUT2D eigenvalue weighted by molar-refractivity contribution is 7.10. The lowest BCUT2D eigenvalue weighted by molar-refractivity contribution is 1.67. The summed E-state index contributed by atoms with van der Waals surface area (Å²) in [6, 6.07) is 4.14. The van der Waals surface area contributed by atoms with Crippen LogP contribution in [-0.2, 0) is 0 Å². The van der Waals surface area contributed by atoms with Gasteiger partial charge in [0.25, 0.3) is 0 Å². The van der Waals surface area contributed by atoms with Gasteiger partial charge in [0.05, 0.1) is 0 Å². The van der Waals surface area contributed by atoms with Crippen molar-refractivity contribution in [1.29, 1.82) is 0 Å². The summed E-state index contributed by atoms with van der Waals surface area (Å²) in [5, 5.41) is 2.07. The summed E-state index contributed by atoms with van der Waals surface area (Å²) in [6.45, 7) is 5.75. The maximum atomic E-state index is 3.75. The van der Waals surface area contributed by atoms with Crippen molar-refractivity contribution in [3.63, 3.8) is 0 Å². The lowest BCUT2D eigenvalue weighted by Gasteiger charge is -1.90. The van der Waals surface area contributed by atoms with Gasteiger partial charge in [-0.25, -0.2) is 0 Å². The van der Waals surface area contributed by atoms with Crippen LogP contribution in [0.2, 0.25) is 0 Å². The van der Waals surface area contributed by atoms with E-state index in [4.69, 9.17) is 0 Å². The molecule has 0 nitrogen and oxygen atoms in total. The van der Waals surface area contributed by atoms with Crippen LogP contribution in [0.1, 0.15) is 11.8 Å². The Morgan fingerprint density at radius 3 is 2.92 bits per heavy atom. The van der Waals surface area contributed by atoms with Crippen LogP contribution in [0.4, 0.5) is 0 Å². The van der Waals surface area contributed by atoms with Gasteiger partial charge in [-0.15, -0.1) is 11.3 Å². The lowest BCUT2D eigenvalue weighted by atomic mass is 10.2. The summed E-state index contributed by atoms with van der Waals surface area (Å²) < 4.78 is 0. The smallest absolute Gasteiger partial charge is 0.0276 e. The number of rotatable bonds is 3. The van der Waals surface area contributed by atoms with Gasteiger partial charge in [0, 0.05) is 4.88 Å². The average Bonchev–Trinajstić information content (AvgIpc) is 2.56. The van der Waals surface area contributed by atoms with Gasteiger partial charge in [0.1, 0.15) is 0 Å². The standard InChI is InChI=1S/C11H12S/c1-3-6-10(4-2)9-11-7-5-8-12-11/h3-9H,2H2,1H3. The number of thiophene rings is 1. The van der Waals surface area contributed by atoms with Gasteiger partial charge in [-0.2, -0.15) is 0 Å². The summed E-state index contributed by atoms with van der Waals surface area (Å²) >= 11 is 1.73. The lowest BCUT2D eigenvalue weighted by Crippen LogP contribution is -1.68. The molecule has 0 amide bonds. The van der Waals surface area contributed by atoms with Crippen LogP contribution in [-0.4, -0.2) is 0 Å². The van der Waals surface area contributed by atoms with Crippen LogP contribution in [0.25, 0.3) is 6.08 Å². The first-order chi connectivity index (χ1) is 5.86. The Kier molecular flexibility index (Phi) is 3.55. The zero-order valence-corrected chi connectivity index (χ0v) is 7.97. The molecule has 1 aromatic heterocycles. The summed E-state index contributed by atoms with van der Waals surface area (Å²) in [6.07, 6.45) is 8.05. The minimum absolute atomic E-state index is 1.15. The third-order valence-electron chi connectivity index (χ3n) is 1.45. The maximum absolute atomic E-state index is 3.75. The molecule has 0 spiro atoms. The van der Waals surface area contributed by atoms with Crippen molar-refractivity contribution in [2.45, 2.75) is 6.92 Å². The van der Waals surface area contributed by atoms with E-state index in [2.05, 4.69) is 24.1 Å². The van der Waals surface area contributed by atoms with Crippen LogP contribution in [0.15, 0.2) is 47.9 Å². The first-order valence-corrected chi connectivity index (χ1v) is 4.75. The third kappa shape index (κ3) is 2.51. The highest BCUT2D eigenvalue weighted by Gasteiger charge is 1.88. The fourth-order valence-corrected chi connectivity index (χ4v) is 1.58. The molecular weight excluding hydrogens is 164 g/mol. The Bertz CT molecular complexity index is 289. The van der Waals surface area contributed by atoms with Gasteiger partial charge in [-0.1, -0.05) is 30.9 Å². The summed E-state index contributed by atoms with van der Waals surface area (Å²) in [5.41, 5.74) is 1.15. The van der Waals surface area contributed by atoms with Crippen molar-refractivity contribution in [3.8, 4) is 0 Å². The molecule has 1 rings (SSSR count). The Balaban J connectivity index is 2.85. The second kappa shape index (κ2) is 4.73. The molecular formula is C11H12S. The van der Waals surface area contributed by atoms with Crippen molar-refractivity contribution in [1.82, 2.24) is 0 Å². The third-order valence-corrected chi connectivity index (χ3v) is 2.27. The molecule has 0 unspecified atom stereocenters. The molecule has 0 saturated carbocycles. The van der Waals surface area contributed by atoms with E-state index in [1.165, 1.54) is 4.88 Å². The van der Waals surface area contributed by atoms with E-state index in [1.807, 2.05) is 31.2 Å². The van der Waals surface area contributed by atoms with Crippen LogP contribution in [0.5, 0.6) is 0 Å². The molecule has 0 aliphatic rings. The van der Waals surface area contributed by atoms with Crippen molar-refractivity contribution in [2.24, 2.45) is 0 Å². The second-order valence-corrected chi connectivity index (χ2v) is 3.34. The predicted octanol–water partition coefficient (Wildman–Crippen LogP) is 3.89. The molecule has 0 fully saturated rings. The summed E-state index contributed by atoms with van der Waals surface area (Å²) in [4.78, 5) is 1.27. The van der Waals surface area contributed by atoms with Crippen molar-refractivity contribution >= 4 is 17.4 Å². The second-order valence-electron chi connectivity index (χ2n) is 2.36. The van der Waals surface area contributed by atoms with Gasteiger partial charge in [-0.3, -0.25) is 0 Å². The number of hydrogen-bond acceptors (Lipinski definition) is 1. The van der Waals surface area contributed by atoms with E-state index in [0.717, 1.165) is 5.57 Å². The van der Waals surface area contributed by atoms with Crippen LogP contribution in [0, 0.1) is 0 Å². The first-order valence-electron chi connectivity index (χ1n) is 3.87. The van der Waals surface area contributed by atoms with Gasteiger partial charge >= 0.3 is 0 Å². The van der Waals surface area contributed by atoms with E-state index >= 15 is 0 Å². The highest BCUT2D eigenvalue weighted by Crippen LogP contribution is 2.14. The Morgan fingerprint density at radius 2 is 2.42 bits per heavy atom. The van der Waals surface area contributed by atoms with E-state index in [-0.39, 0.29) is 0 Å². The molecule has 0 radical (unpaired) electrons. The van der Waals surface area contributed by atoms with E-state index in [1.54, 1.807) is 11.3 Å². The largest absolute Gasteiger partial charge is 0.144 e. The molecule has 12 heavy (non-hydrogen) atoms. The Morgan fingerprint density at radius 1 is 1.58 bits per heavy atom. The maximum Gasteiger partial charge on any atom is 0.0276 e. The van der Waals surface area contributed by atoms with Crippen molar-refractivity contribution in [3.05, 3.63) is 52.8 Å². The number of hydrogen-bond donors (Lipinski definition) is 0. The fourth-order valence-electron chi connectivity index (χ4n) is 0.905. The molecule has 0 aromatic carbocycles. The monoisotopic (exact) mass is 176 g/mol. The van der Waals surface area contributed by atoms with E-state index < -0.39 is 0 Å². The molecule has 0 bridgehead atoms. The predicted molar refractivity (Wildman–Crippen MR) is 57.3 cm³/mol. The van der Waals surface area contributed by atoms with Gasteiger partial charge in [0.15, 0.2) is 0 Å². The van der Waals surface area contributed by atoms with Gasteiger partial charge in [-0.05, 0) is 30.0 Å². The SMILES string of the molecule is C=CC(C=CC)=Cc1cccs1. The van der Waals surface area contributed by atoms with E-state index in [9.17, 15) is 0 Å². The quantitative estimate of drug-likeness (QED) is 0.613. The van der Waals surface area contributed by atoms with Crippen molar-refractivity contribution < 1.29 is 0 Å². The number of allylic oxidation sites excluding steroid dienone is 4. The zero-order chi connectivity index (χ0) is 8.81. The minimum Gasteiger partial charge on any atom is -0.144 e. The summed E-state index contributed by atoms with van der Waals surface area (Å²) in [7, 11) is 0.